The lowest BCUT2D eigenvalue weighted by Gasteiger charge is -2.17. The Morgan fingerprint density at radius 2 is 1.82 bits per heavy atom. The van der Waals surface area contributed by atoms with Crippen molar-refractivity contribution in [3.05, 3.63) is 29.8 Å². The summed E-state index contributed by atoms with van der Waals surface area (Å²) >= 11 is 0. The van der Waals surface area contributed by atoms with Crippen LogP contribution in [0.25, 0.3) is 0 Å². The van der Waals surface area contributed by atoms with E-state index in [1.165, 1.54) is 31.4 Å². The molecule has 3 nitrogen and oxygen atoms in total. The van der Waals surface area contributed by atoms with Gasteiger partial charge in [0, 0.05) is 12.5 Å². The molecule has 0 radical (unpaired) electrons. The average molecular weight is 248 g/mol. The third kappa shape index (κ3) is 3.45. The third-order valence-electron chi connectivity index (χ3n) is 2.04. The minimum Gasteiger partial charge on any atom is -0.497 e. The van der Waals surface area contributed by atoms with Gasteiger partial charge in [-0.1, -0.05) is 0 Å². The number of carbonyl (C=O) groups is 1. The maximum atomic E-state index is 13.3. The zero-order valence-corrected chi connectivity index (χ0v) is 9.25. The van der Waals surface area contributed by atoms with Crippen LogP contribution in [0.1, 0.15) is 18.8 Å². The fraction of sp³-hybridized carbons (Fsp3) is 0.364. The average Bonchev–Trinajstić information content (AvgIpc) is 2.28. The Kier molecular flexibility index (Phi) is 4.11. The van der Waals surface area contributed by atoms with Gasteiger partial charge < -0.3 is 4.74 Å². The monoisotopic (exact) mass is 248 g/mol. The summed E-state index contributed by atoms with van der Waals surface area (Å²) in [6.07, 6.45) is -6.50. The number of ether oxygens (including phenoxy) is 2. The number of methoxy groups -OCH3 is 1. The van der Waals surface area contributed by atoms with Crippen molar-refractivity contribution >= 4 is 5.78 Å². The molecule has 0 aliphatic heterocycles. The third-order valence-corrected chi connectivity index (χ3v) is 2.04. The molecule has 0 aromatic heterocycles. The lowest BCUT2D eigenvalue weighted by atomic mass is 10.2. The molecule has 0 aliphatic carbocycles. The molecule has 0 saturated heterocycles. The number of rotatable bonds is 5. The molecule has 17 heavy (non-hydrogen) atoms. The molecule has 0 bridgehead atoms. The SMILES string of the molecule is COc1ccc(C(F)OC(F)(F)C(C)=O)cc1. The van der Waals surface area contributed by atoms with Gasteiger partial charge in [0.05, 0.1) is 7.11 Å². The summed E-state index contributed by atoms with van der Waals surface area (Å²) in [6, 6.07) is 5.27. The molecule has 0 amide bonds. The summed E-state index contributed by atoms with van der Waals surface area (Å²) in [5.74, 6) is -1.09. The van der Waals surface area contributed by atoms with Gasteiger partial charge >= 0.3 is 6.11 Å². The predicted octanol–water partition coefficient (Wildman–Crippen LogP) is 2.86. The molecule has 0 aliphatic rings. The molecular formula is C11H11F3O3. The highest BCUT2D eigenvalue weighted by atomic mass is 19.3. The molecule has 1 aromatic carbocycles. The van der Waals surface area contributed by atoms with Gasteiger partial charge in [-0.05, 0) is 24.3 Å². The van der Waals surface area contributed by atoms with Crippen LogP contribution in [0, 0.1) is 0 Å². The highest BCUT2D eigenvalue weighted by molar-refractivity contribution is 5.81. The van der Waals surface area contributed by atoms with Crippen molar-refractivity contribution in [1.82, 2.24) is 0 Å². The quantitative estimate of drug-likeness (QED) is 0.803. The van der Waals surface area contributed by atoms with Crippen LogP contribution in [0.5, 0.6) is 5.75 Å². The largest absolute Gasteiger partial charge is 0.497 e. The second-order valence-electron chi connectivity index (χ2n) is 3.28. The number of carbonyl (C=O) groups excluding carboxylic acids is 1. The molecule has 0 heterocycles. The van der Waals surface area contributed by atoms with Gasteiger partial charge in [0.1, 0.15) is 5.75 Å². The normalized spacial score (nSPS) is 13.2. The first-order chi connectivity index (χ1) is 7.86. The van der Waals surface area contributed by atoms with Crippen LogP contribution < -0.4 is 4.74 Å². The second-order valence-corrected chi connectivity index (χ2v) is 3.28. The Morgan fingerprint density at radius 1 is 1.29 bits per heavy atom. The lowest BCUT2D eigenvalue weighted by molar-refractivity contribution is -0.272. The Bertz CT molecular complexity index is 389. The molecule has 0 spiro atoms. The summed E-state index contributed by atoms with van der Waals surface area (Å²) in [6.45, 7) is 0.626. The summed E-state index contributed by atoms with van der Waals surface area (Å²) < 4.78 is 47.5. The summed E-state index contributed by atoms with van der Waals surface area (Å²) in [5, 5.41) is 0. The molecule has 0 fully saturated rings. The van der Waals surface area contributed by atoms with E-state index in [1.807, 2.05) is 0 Å². The van der Waals surface area contributed by atoms with Crippen LogP contribution >= 0.6 is 0 Å². The molecule has 1 rings (SSSR count). The van der Waals surface area contributed by atoms with Crippen molar-refractivity contribution in [3.8, 4) is 5.75 Å². The van der Waals surface area contributed by atoms with E-state index in [0.29, 0.717) is 12.7 Å². The van der Waals surface area contributed by atoms with Crippen LogP contribution in [0.3, 0.4) is 0 Å². The zero-order chi connectivity index (χ0) is 13.1. The van der Waals surface area contributed by atoms with E-state index in [9.17, 15) is 18.0 Å². The molecule has 1 unspecified atom stereocenters. The molecule has 94 valence electrons. The predicted molar refractivity (Wildman–Crippen MR) is 53.6 cm³/mol. The van der Waals surface area contributed by atoms with E-state index in [1.54, 1.807) is 0 Å². The van der Waals surface area contributed by atoms with E-state index in [0.717, 1.165) is 0 Å². The van der Waals surface area contributed by atoms with Crippen molar-refractivity contribution < 1.29 is 27.4 Å². The maximum absolute atomic E-state index is 13.3. The number of benzene rings is 1. The summed E-state index contributed by atoms with van der Waals surface area (Å²) in [4.78, 5) is 10.5. The Labute approximate surface area is 96.1 Å². The van der Waals surface area contributed by atoms with E-state index in [-0.39, 0.29) is 5.56 Å². The molecule has 0 saturated carbocycles. The van der Waals surface area contributed by atoms with Gasteiger partial charge in [-0.3, -0.25) is 9.53 Å². The number of ketones is 1. The number of alkyl halides is 3. The fourth-order valence-corrected chi connectivity index (χ4v) is 1.04. The first kappa shape index (κ1) is 13.5. The number of hydrogen-bond acceptors (Lipinski definition) is 3. The summed E-state index contributed by atoms with van der Waals surface area (Å²) in [7, 11) is 1.42. The van der Waals surface area contributed by atoms with Gasteiger partial charge in [-0.25, -0.2) is 4.39 Å². The molecule has 1 atom stereocenters. The van der Waals surface area contributed by atoms with Crippen LogP contribution in [-0.2, 0) is 9.53 Å². The minimum atomic E-state index is -4.13. The van der Waals surface area contributed by atoms with Gasteiger partial charge in [0.25, 0.3) is 0 Å². The van der Waals surface area contributed by atoms with Crippen molar-refractivity contribution in [2.45, 2.75) is 19.4 Å². The van der Waals surface area contributed by atoms with Crippen molar-refractivity contribution in [1.29, 1.82) is 0 Å². The standard InChI is InChI=1S/C11H11F3O3/c1-7(15)11(13,14)17-10(12)8-3-5-9(16-2)6-4-8/h3-6,10H,1-2H3. The Balaban J connectivity index is 2.76. The van der Waals surface area contributed by atoms with Crippen molar-refractivity contribution in [2.75, 3.05) is 7.11 Å². The van der Waals surface area contributed by atoms with Gasteiger partial charge in [0.2, 0.25) is 12.1 Å². The summed E-state index contributed by atoms with van der Waals surface area (Å²) in [5.41, 5.74) is -0.119. The highest BCUT2D eigenvalue weighted by Crippen LogP contribution is 2.29. The number of hydrogen-bond donors (Lipinski definition) is 0. The molecule has 6 heteroatoms. The zero-order valence-electron chi connectivity index (χ0n) is 9.25. The fourth-order valence-electron chi connectivity index (χ4n) is 1.04. The number of halogens is 3. The van der Waals surface area contributed by atoms with E-state index < -0.39 is 18.2 Å². The van der Waals surface area contributed by atoms with Gasteiger partial charge in [-0.15, -0.1) is 0 Å². The Morgan fingerprint density at radius 3 is 2.24 bits per heavy atom. The van der Waals surface area contributed by atoms with Crippen molar-refractivity contribution in [2.24, 2.45) is 0 Å². The van der Waals surface area contributed by atoms with Crippen LogP contribution in [0.2, 0.25) is 0 Å². The lowest BCUT2D eigenvalue weighted by Crippen LogP contribution is -2.30. The van der Waals surface area contributed by atoms with Crippen molar-refractivity contribution in [3.63, 3.8) is 0 Å². The molecular weight excluding hydrogens is 237 g/mol. The minimum absolute atomic E-state index is 0.119. The smallest absolute Gasteiger partial charge is 0.418 e. The van der Waals surface area contributed by atoms with E-state index in [4.69, 9.17) is 4.74 Å². The second kappa shape index (κ2) is 5.18. The Hall–Kier alpha value is -1.56. The van der Waals surface area contributed by atoms with Crippen LogP contribution in [0.15, 0.2) is 24.3 Å². The van der Waals surface area contributed by atoms with Crippen LogP contribution in [0.4, 0.5) is 13.2 Å². The highest BCUT2D eigenvalue weighted by Gasteiger charge is 2.40. The topological polar surface area (TPSA) is 35.5 Å². The molecule has 1 aromatic rings. The van der Waals surface area contributed by atoms with Crippen LogP contribution in [-0.4, -0.2) is 19.0 Å². The van der Waals surface area contributed by atoms with Gasteiger partial charge in [-0.2, -0.15) is 8.78 Å². The van der Waals surface area contributed by atoms with E-state index >= 15 is 0 Å². The van der Waals surface area contributed by atoms with Gasteiger partial charge in [0.15, 0.2) is 0 Å². The first-order valence-corrected chi connectivity index (χ1v) is 4.71. The maximum Gasteiger partial charge on any atom is 0.418 e. The van der Waals surface area contributed by atoms with E-state index in [2.05, 4.69) is 4.74 Å². The number of Topliss-reactive ketones (excluding diaryl/α,β-unsaturated/α-hetero) is 1. The molecule has 0 N–H and O–H groups in total. The first-order valence-electron chi connectivity index (χ1n) is 4.71.